The van der Waals surface area contributed by atoms with Crippen molar-refractivity contribution in [2.45, 2.75) is 45.4 Å². The fourth-order valence-corrected chi connectivity index (χ4v) is 5.27. The molecule has 0 radical (unpaired) electrons. The highest BCUT2D eigenvalue weighted by Crippen LogP contribution is 2.28. The summed E-state index contributed by atoms with van der Waals surface area (Å²) in [6.07, 6.45) is 6.18. The second-order valence-electron chi connectivity index (χ2n) is 7.31. The van der Waals surface area contributed by atoms with Crippen LogP contribution in [0.15, 0.2) is 30.7 Å². The molecule has 0 bridgehead atoms. The molecule has 0 spiro atoms. The van der Waals surface area contributed by atoms with E-state index in [4.69, 9.17) is 0 Å². The summed E-state index contributed by atoms with van der Waals surface area (Å²) in [6, 6.07) is 4.17. The zero-order valence-corrected chi connectivity index (χ0v) is 16.4. The standard InChI is InChI=1S/C18H24N6O2S/c1-13(11-23-6-3-5-21-23)19-9-15-8-17-14(2)22-24(18(17)20-10-15)16-4-7-27(25,26)12-16/h3,5-6,8,10,13,16,19H,4,7,9,11-12H2,1-2H3/t13-,16+/m0/s1. The van der Waals surface area contributed by atoms with Gasteiger partial charge in [0.25, 0.3) is 0 Å². The number of hydrogen-bond acceptors (Lipinski definition) is 6. The quantitative estimate of drug-likeness (QED) is 0.687. The molecule has 0 amide bonds. The molecule has 1 fully saturated rings. The number of rotatable bonds is 6. The topological polar surface area (TPSA) is 94.7 Å². The van der Waals surface area contributed by atoms with E-state index in [0.29, 0.717) is 13.0 Å². The van der Waals surface area contributed by atoms with Crippen molar-refractivity contribution in [1.82, 2.24) is 29.9 Å². The molecule has 1 aliphatic heterocycles. The number of aromatic nitrogens is 5. The molecule has 1 aliphatic rings. The van der Waals surface area contributed by atoms with Gasteiger partial charge >= 0.3 is 0 Å². The van der Waals surface area contributed by atoms with Crippen LogP contribution in [0.2, 0.25) is 0 Å². The van der Waals surface area contributed by atoms with Gasteiger partial charge in [0.15, 0.2) is 15.5 Å². The van der Waals surface area contributed by atoms with Crippen molar-refractivity contribution >= 4 is 20.9 Å². The lowest BCUT2D eigenvalue weighted by atomic mass is 10.2. The van der Waals surface area contributed by atoms with Gasteiger partial charge in [-0.1, -0.05) is 0 Å². The van der Waals surface area contributed by atoms with Crippen LogP contribution in [0, 0.1) is 6.92 Å². The van der Waals surface area contributed by atoms with Gasteiger partial charge in [-0.3, -0.25) is 4.68 Å². The van der Waals surface area contributed by atoms with Gasteiger partial charge in [-0.25, -0.2) is 18.1 Å². The van der Waals surface area contributed by atoms with E-state index in [1.807, 2.05) is 30.1 Å². The third-order valence-electron chi connectivity index (χ3n) is 5.02. The molecule has 0 saturated carbocycles. The van der Waals surface area contributed by atoms with Gasteiger partial charge in [0, 0.05) is 36.6 Å². The van der Waals surface area contributed by atoms with Crippen LogP contribution in [0.25, 0.3) is 11.0 Å². The predicted octanol–water partition coefficient (Wildman–Crippen LogP) is 1.47. The van der Waals surface area contributed by atoms with Crippen LogP contribution >= 0.6 is 0 Å². The zero-order chi connectivity index (χ0) is 19.0. The molecule has 3 aromatic heterocycles. The molecular formula is C18H24N6O2S. The average molecular weight is 388 g/mol. The van der Waals surface area contributed by atoms with Gasteiger partial charge in [-0.15, -0.1) is 0 Å². The summed E-state index contributed by atoms with van der Waals surface area (Å²) in [5.74, 6) is 0.382. The first-order valence-electron chi connectivity index (χ1n) is 9.16. The lowest BCUT2D eigenvalue weighted by Crippen LogP contribution is -2.30. The third kappa shape index (κ3) is 3.89. The monoisotopic (exact) mass is 388 g/mol. The fourth-order valence-electron chi connectivity index (χ4n) is 3.58. The van der Waals surface area contributed by atoms with E-state index in [1.54, 1.807) is 10.9 Å². The van der Waals surface area contributed by atoms with Crippen molar-refractivity contribution in [2.24, 2.45) is 0 Å². The Bertz CT molecular complexity index is 1040. The second-order valence-corrected chi connectivity index (χ2v) is 9.54. The summed E-state index contributed by atoms with van der Waals surface area (Å²) >= 11 is 0. The Morgan fingerprint density at radius 2 is 2.26 bits per heavy atom. The zero-order valence-electron chi connectivity index (χ0n) is 15.5. The van der Waals surface area contributed by atoms with Gasteiger partial charge in [0.2, 0.25) is 0 Å². The molecule has 8 nitrogen and oxygen atoms in total. The molecule has 3 aromatic rings. The van der Waals surface area contributed by atoms with Crippen molar-refractivity contribution in [3.05, 3.63) is 42.0 Å². The molecule has 0 aliphatic carbocycles. The number of sulfone groups is 1. The molecule has 144 valence electrons. The Hall–Kier alpha value is -2.26. The summed E-state index contributed by atoms with van der Waals surface area (Å²) < 4.78 is 27.3. The smallest absolute Gasteiger partial charge is 0.158 e. The van der Waals surface area contributed by atoms with Crippen LogP contribution in [0.5, 0.6) is 0 Å². The Morgan fingerprint density at radius 3 is 2.96 bits per heavy atom. The summed E-state index contributed by atoms with van der Waals surface area (Å²) in [6.45, 7) is 5.57. The average Bonchev–Trinajstić information content (AvgIpc) is 3.33. The molecular weight excluding hydrogens is 364 g/mol. The highest BCUT2D eigenvalue weighted by Gasteiger charge is 2.31. The van der Waals surface area contributed by atoms with Crippen molar-refractivity contribution in [3.8, 4) is 0 Å². The Labute approximate surface area is 158 Å². The highest BCUT2D eigenvalue weighted by atomic mass is 32.2. The van der Waals surface area contributed by atoms with E-state index in [1.165, 1.54) is 0 Å². The van der Waals surface area contributed by atoms with Crippen LogP contribution in [0.1, 0.15) is 30.6 Å². The van der Waals surface area contributed by atoms with Crippen LogP contribution < -0.4 is 5.32 Å². The molecule has 9 heteroatoms. The number of nitrogens with zero attached hydrogens (tertiary/aromatic N) is 5. The van der Waals surface area contributed by atoms with E-state index in [-0.39, 0.29) is 23.6 Å². The Balaban J connectivity index is 1.49. The van der Waals surface area contributed by atoms with E-state index in [9.17, 15) is 8.42 Å². The van der Waals surface area contributed by atoms with Crippen molar-refractivity contribution in [1.29, 1.82) is 0 Å². The third-order valence-corrected chi connectivity index (χ3v) is 6.77. The van der Waals surface area contributed by atoms with E-state index >= 15 is 0 Å². The molecule has 0 unspecified atom stereocenters. The molecule has 4 rings (SSSR count). The first-order chi connectivity index (χ1) is 12.9. The molecule has 1 saturated heterocycles. The summed E-state index contributed by atoms with van der Waals surface area (Å²) in [5.41, 5.74) is 2.73. The highest BCUT2D eigenvalue weighted by molar-refractivity contribution is 7.91. The van der Waals surface area contributed by atoms with Gasteiger partial charge in [0.05, 0.1) is 29.8 Å². The molecule has 4 heterocycles. The number of pyridine rings is 1. The van der Waals surface area contributed by atoms with Gasteiger partial charge in [0.1, 0.15) is 0 Å². The van der Waals surface area contributed by atoms with Crippen LogP contribution in [-0.4, -0.2) is 50.5 Å². The van der Waals surface area contributed by atoms with Crippen LogP contribution in [-0.2, 0) is 22.9 Å². The first-order valence-corrected chi connectivity index (χ1v) is 11.0. The van der Waals surface area contributed by atoms with Crippen LogP contribution in [0.3, 0.4) is 0 Å². The lowest BCUT2D eigenvalue weighted by molar-refractivity contribution is 0.450. The van der Waals surface area contributed by atoms with Crippen molar-refractivity contribution in [2.75, 3.05) is 11.5 Å². The second kappa shape index (κ2) is 7.05. The van der Waals surface area contributed by atoms with Gasteiger partial charge in [-0.2, -0.15) is 10.2 Å². The minimum Gasteiger partial charge on any atom is -0.308 e. The predicted molar refractivity (Wildman–Crippen MR) is 103 cm³/mol. The molecule has 27 heavy (non-hydrogen) atoms. The minimum absolute atomic E-state index is 0.114. The fraction of sp³-hybridized carbons (Fsp3) is 0.500. The summed E-state index contributed by atoms with van der Waals surface area (Å²) in [4.78, 5) is 4.60. The molecule has 0 aromatic carbocycles. The maximum absolute atomic E-state index is 11.8. The SMILES string of the molecule is Cc1nn([C@@H]2CCS(=O)(=O)C2)c2ncc(CN[C@@H](C)Cn3cccn3)cc12. The van der Waals surface area contributed by atoms with Crippen LogP contribution in [0.4, 0.5) is 0 Å². The summed E-state index contributed by atoms with van der Waals surface area (Å²) in [5, 5.41) is 13.3. The Kier molecular flexibility index (Phi) is 4.73. The molecule has 2 atom stereocenters. The minimum atomic E-state index is -2.96. The maximum Gasteiger partial charge on any atom is 0.158 e. The van der Waals surface area contributed by atoms with Crippen molar-refractivity contribution in [3.63, 3.8) is 0 Å². The largest absolute Gasteiger partial charge is 0.308 e. The van der Waals surface area contributed by atoms with Gasteiger partial charge < -0.3 is 5.32 Å². The Morgan fingerprint density at radius 1 is 1.41 bits per heavy atom. The number of fused-ring (bicyclic) bond motifs is 1. The van der Waals surface area contributed by atoms with E-state index in [0.717, 1.165) is 28.8 Å². The number of aryl methyl sites for hydroxylation is 1. The maximum atomic E-state index is 11.8. The normalized spacial score (nSPS) is 20.3. The summed E-state index contributed by atoms with van der Waals surface area (Å²) in [7, 11) is -2.96. The van der Waals surface area contributed by atoms with Gasteiger partial charge in [-0.05, 0) is 38.0 Å². The lowest BCUT2D eigenvalue weighted by Gasteiger charge is -2.14. The van der Waals surface area contributed by atoms with E-state index in [2.05, 4.69) is 33.5 Å². The van der Waals surface area contributed by atoms with Crippen molar-refractivity contribution < 1.29 is 8.42 Å². The van der Waals surface area contributed by atoms with E-state index < -0.39 is 9.84 Å². The molecule has 1 N–H and O–H groups in total. The number of hydrogen-bond donors (Lipinski definition) is 1. The number of nitrogens with one attached hydrogen (secondary N) is 1. The first kappa shape index (κ1) is 18.1.